The number of hydrogen-bond acceptors (Lipinski definition) is 2. The quantitative estimate of drug-likeness (QED) is 0.594. The van der Waals surface area contributed by atoms with E-state index in [9.17, 15) is 4.79 Å². The second kappa shape index (κ2) is 5.03. The fourth-order valence-corrected chi connectivity index (χ4v) is 2.40. The molecule has 92 valence electrons. The molecular formula is C15H12O2Ru. The summed E-state index contributed by atoms with van der Waals surface area (Å²) in [6.45, 7) is 1.45. The van der Waals surface area contributed by atoms with E-state index in [1.54, 1.807) is 0 Å². The summed E-state index contributed by atoms with van der Waals surface area (Å²) in [5.41, 5.74) is 4.47. The van der Waals surface area contributed by atoms with E-state index in [2.05, 4.69) is 12.1 Å². The molecular weight excluding hydrogens is 313 g/mol. The van der Waals surface area contributed by atoms with Crippen LogP contribution in [-0.2, 0) is 29.0 Å². The van der Waals surface area contributed by atoms with E-state index in [1.165, 1.54) is 6.92 Å². The van der Waals surface area contributed by atoms with Crippen LogP contribution in [-0.4, -0.2) is 5.97 Å². The van der Waals surface area contributed by atoms with E-state index >= 15 is 0 Å². The molecule has 3 heteroatoms. The van der Waals surface area contributed by atoms with Gasteiger partial charge in [-0.25, -0.2) is 0 Å². The molecule has 0 radical (unpaired) electrons. The van der Waals surface area contributed by atoms with Gasteiger partial charge in [-0.15, -0.1) is 0 Å². The van der Waals surface area contributed by atoms with Crippen LogP contribution in [0.2, 0.25) is 0 Å². The molecule has 1 aliphatic rings. The van der Waals surface area contributed by atoms with Crippen LogP contribution in [0.1, 0.15) is 24.2 Å². The number of carbonyl (C=O) groups excluding carboxylic acids is 1. The molecule has 2 aromatic rings. The summed E-state index contributed by atoms with van der Waals surface area (Å²) in [6, 6.07) is 16.1. The van der Waals surface area contributed by atoms with Gasteiger partial charge in [-0.3, -0.25) is 4.79 Å². The van der Waals surface area contributed by atoms with Crippen molar-refractivity contribution in [3.8, 4) is 11.1 Å². The predicted molar refractivity (Wildman–Crippen MR) is 65.5 cm³/mol. The third-order valence-electron chi connectivity index (χ3n) is 3.06. The van der Waals surface area contributed by atoms with Crippen LogP contribution in [0.25, 0.3) is 11.1 Å². The molecule has 0 aromatic heterocycles. The molecule has 0 bridgehead atoms. The molecule has 0 atom stereocenters. The Bertz CT molecular complexity index is 547. The normalized spacial score (nSPS) is 12.3. The summed E-state index contributed by atoms with van der Waals surface area (Å²) < 4.78 is 5.43. The fourth-order valence-electron chi connectivity index (χ4n) is 2.40. The summed E-state index contributed by atoms with van der Waals surface area (Å²) in [5, 5.41) is 0. The Labute approximate surface area is 119 Å². The van der Waals surface area contributed by atoms with Crippen molar-refractivity contribution in [2.24, 2.45) is 0 Å². The van der Waals surface area contributed by atoms with Gasteiger partial charge in [0.2, 0.25) is 0 Å². The molecule has 0 spiro atoms. The Morgan fingerprint density at radius 2 is 1.39 bits per heavy atom. The minimum absolute atomic E-state index is 0. The molecule has 3 rings (SSSR count). The molecule has 0 amide bonds. The smallest absolute Gasteiger partial charge is 0.303 e. The Hall–Kier alpha value is -1.47. The zero-order valence-corrected chi connectivity index (χ0v) is 11.6. The van der Waals surface area contributed by atoms with Gasteiger partial charge in [-0.2, -0.15) is 0 Å². The number of rotatable bonds is 1. The maximum Gasteiger partial charge on any atom is 0.303 e. The van der Waals surface area contributed by atoms with Crippen molar-refractivity contribution >= 4 is 5.97 Å². The van der Waals surface area contributed by atoms with Gasteiger partial charge in [0, 0.05) is 37.5 Å². The first-order valence-corrected chi connectivity index (χ1v) is 5.63. The van der Waals surface area contributed by atoms with E-state index in [-0.39, 0.29) is 31.6 Å². The number of fused-ring (bicyclic) bond motifs is 3. The van der Waals surface area contributed by atoms with Crippen LogP contribution in [0.5, 0.6) is 0 Å². The van der Waals surface area contributed by atoms with Crippen molar-refractivity contribution in [3.05, 3.63) is 59.7 Å². The van der Waals surface area contributed by atoms with E-state index in [0.29, 0.717) is 0 Å². The molecule has 0 aliphatic heterocycles. The zero-order chi connectivity index (χ0) is 11.8. The Kier molecular flexibility index (Phi) is 3.63. The van der Waals surface area contributed by atoms with Gasteiger partial charge < -0.3 is 4.74 Å². The van der Waals surface area contributed by atoms with Gasteiger partial charge in [0.25, 0.3) is 0 Å². The molecule has 2 nitrogen and oxygen atoms in total. The maximum absolute atomic E-state index is 11.2. The largest absolute Gasteiger partial charge is 0.453 e. The molecule has 0 heterocycles. The monoisotopic (exact) mass is 326 g/mol. The van der Waals surface area contributed by atoms with Crippen LogP contribution in [0.15, 0.2) is 48.5 Å². The number of carbonyl (C=O) groups is 1. The number of hydrogen-bond donors (Lipinski definition) is 0. The molecule has 18 heavy (non-hydrogen) atoms. The van der Waals surface area contributed by atoms with Crippen LogP contribution in [0, 0.1) is 0 Å². The molecule has 0 N–H and O–H groups in total. The van der Waals surface area contributed by atoms with Crippen molar-refractivity contribution < 1.29 is 29.0 Å². The fraction of sp³-hybridized carbons (Fsp3) is 0.133. The topological polar surface area (TPSA) is 26.3 Å². The molecule has 2 aromatic carbocycles. The van der Waals surface area contributed by atoms with Gasteiger partial charge in [0.15, 0.2) is 6.10 Å². The van der Waals surface area contributed by atoms with Gasteiger partial charge in [0.05, 0.1) is 0 Å². The first-order valence-electron chi connectivity index (χ1n) is 5.63. The minimum atomic E-state index is -0.250. The summed E-state index contributed by atoms with van der Waals surface area (Å²) in [4.78, 5) is 11.2. The molecule has 0 saturated heterocycles. The average molecular weight is 325 g/mol. The molecule has 0 unspecified atom stereocenters. The van der Waals surface area contributed by atoms with Gasteiger partial charge in [-0.1, -0.05) is 48.5 Å². The standard InChI is InChI=1S/C15H12O2.Ru/c1-10(16)17-15-13-8-4-2-6-11(13)12-7-3-5-9-14(12)15;/h2-9,15H,1H3;. The van der Waals surface area contributed by atoms with Crippen LogP contribution in [0.3, 0.4) is 0 Å². The van der Waals surface area contributed by atoms with Crippen LogP contribution < -0.4 is 0 Å². The molecule has 0 fully saturated rings. The second-order valence-corrected chi connectivity index (χ2v) is 4.16. The van der Waals surface area contributed by atoms with E-state index in [1.807, 2.05) is 36.4 Å². The van der Waals surface area contributed by atoms with E-state index in [0.717, 1.165) is 22.3 Å². The SMILES string of the molecule is CC(=O)OC1c2ccccc2-c2ccccc21.[Ru]. The summed E-state index contributed by atoms with van der Waals surface area (Å²) in [5.74, 6) is -0.249. The van der Waals surface area contributed by atoms with Crippen molar-refractivity contribution in [1.29, 1.82) is 0 Å². The van der Waals surface area contributed by atoms with Crippen molar-refractivity contribution in [1.82, 2.24) is 0 Å². The average Bonchev–Trinajstić information content (AvgIpc) is 2.65. The van der Waals surface area contributed by atoms with E-state index < -0.39 is 0 Å². The Balaban J connectivity index is 0.00000120. The minimum Gasteiger partial charge on any atom is -0.453 e. The third-order valence-corrected chi connectivity index (χ3v) is 3.06. The van der Waals surface area contributed by atoms with Gasteiger partial charge in [0.1, 0.15) is 0 Å². The summed E-state index contributed by atoms with van der Waals surface area (Å²) in [6.07, 6.45) is -0.250. The Morgan fingerprint density at radius 1 is 0.944 bits per heavy atom. The summed E-state index contributed by atoms with van der Waals surface area (Å²) >= 11 is 0. The van der Waals surface area contributed by atoms with Crippen LogP contribution >= 0.6 is 0 Å². The van der Waals surface area contributed by atoms with Crippen molar-refractivity contribution in [2.75, 3.05) is 0 Å². The summed E-state index contributed by atoms with van der Waals surface area (Å²) in [7, 11) is 0. The van der Waals surface area contributed by atoms with Gasteiger partial charge in [-0.05, 0) is 11.1 Å². The zero-order valence-electron chi connectivity index (χ0n) is 9.87. The second-order valence-electron chi connectivity index (χ2n) is 4.16. The first kappa shape index (κ1) is 13.0. The third kappa shape index (κ3) is 1.99. The molecule has 0 saturated carbocycles. The maximum atomic E-state index is 11.2. The number of esters is 1. The predicted octanol–water partition coefficient (Wildman–Crippen LogP) is 3.32. The van der Waals surface area contributed by atoms with Crippen molar-refractivity contribution in [2.45, 2.75) is 13.0 Å². The van der Waals surface area contributed by atoms with E-state index in [4.69, 9.17) is 4.74 Å². The molecule has 1 aliphatic carbocycles. The number of benzene rings is 2. The Morgan fingerprint density at radius 3 is 1.83 bits per heavy atom. The van der Waals surface area contributed by atoms with Crippen molar-refractivity contribution in [3.63, 3.8) is 0 Å². The van der Waals surface area contributed by atoms with Crippen LogP contribution in [0.4, 0.5) is 0 Å². The first-order chi connectivity index (χ1) is 8.27. The number of ether oxygens (including phenoxy) is 1. The van der Waals surface area contributed by atoms with Gasteiger partial charge >= 0.3 is 5.97 Å².